The van der Waals surface area contributed by atoms with Crippen LogP contribution in [0.1, 0.15) is 29.5 Å². The molecule has 0 saturated carbocycles. The molecule has 0 unspecified atom stereocenters. The second kappa shape index (κ2) is 5.40. The normalized spacial score (nSPS) is 20.9. The summed E-state index contributed by atoms with van der Waals surface area (Å²) in [6.45, 7) is 0.161. The van der Waals surface area contributed by atoms with Gasteiger partial charge in [0.2, 0.25) is 0 Å². The first-order valence-electron chi connectivity index (χ1n) is 6.81. The quantitative estimate of drug-likeness (QED) is 0.878. The Labute approximate surface area is 129 Å². The Kier molecular flexibility index (Phi) is 3.76. The average molecular weight is 307 g/mol. The van der Waals surface area contributed by atoms with Crippen LogP contribution in [-0.2, 0) is 11.8 Å². The van der Waals surface area contributed by atoms with Crippen molar-refractivity contribution in [2.24, 2.45) is 0 Å². The van der Waals surface area contributed by atoms with E-state index in [1.165, 1.54) is 16.7 Å². The maximum absolute atomic E-state index is 9.54. The maximum atomic E-state index is 9.54. The van der Waals surface area contributed by atoms with E-state index in [1.807, 2.05) is 24.3 Å². The average Bonchev–Trinajstić information content (AvgIpc) is 2.79. The van der Waals surface area contributed by atoms with Crippen LogP contribution >= 0.6 is 23.2 Å². The molecule has 0 bridgehead atoms. The van der Waals surface area contributed by atoms with Crippen molar-refractivity contribution in [3.05, 3.63) is 69.2 Å². The van der Waals surface area contributed by atoms with Gasteiger partial charge in [-0.15, -0.1) is 0 Å². The molecular formula is C17H16Cl2O. The summed E-state index contributed by atoms with van der Waals surface area (Å²) >= 11 is 12.2. The Bertz CT molecular complexity index is 617. The molecule has 0 aromatic heterocycles. The number of fused-ring (bicyclic) bond motifs is 1. The van der Waals surface area contributed by atoms with Crippen LogP contribution < -0.4 is 0 Å². The van der Waals surface area contributed by atoms with Gasteiger partial charge in [-0.1, -0.05) is 41.4 Å². The van der Waals surface area contributed by atoms with Gasteiger partial charge in [0.05, 0.1) is 0 Å². The molecule has 1 atom stereocenters. The van der Waals surface area contributed by atoms with Crippen molar-refractivity contribution in [2.75, 3.05) is 6.61 Å². The molecule has 1 aliphatic carbocycles. The van der Waals surface area contributed by atoms with E-state index in [4.69, 9.17) is 23.2 Å². The summed E-state index contributed by atoms with van der Waals surface area (Å²) in [5.74, 6) is 0. The zero-order valence-corrected chi connectivity index (χ0v) is 12.6. The summed E-state index contributed by atoms with van der Waals surface area (Å²) in [6.07, 6.45) is 2.74. The van der Waals surface area contributed by atoms with E-state index in [9.17, 15) is 5.11 Å². The molecular weight excluding hydrogens is 291 g/mol. The fourth-order valence-electron chi connectivity index (χ4n) is 3.36. The lowest BCUT2D eigenvalue weighted by Gasteiger charge is -2.31. The van der Waals surface area contributed by atoms with Crippen LogP contribution in [0.15, 0.2) is 42.5 Å². The number of halogens is 2. The largest absolute Gasteiger partial charge is 0.396 e. The van der Waals surface area contributed by atoms with Crippen molar-refractivity contribution in [1.82, 2.24) is 0 Å². The van der Waals surface area contributed by atoms with E-state index in [-0.39, 0.29) is 12.0 Å². The first-order chi connectivity index (χ1) is 9.65. The predicted octanol–water partition coefficient (Wildman–Crippen LogP) is 4.61. The van der Waals surface area contributed by atoms with Gasteiger partial charge in [-0.25, -0.2) is 0 Å². The molecule has 3 rings (SSSR count). The van der Waals surface area contributed by atoms with Crippen molar-refractivity contribution < 1.29 is 5.11 Å². The summed E-state index contributed by atoms with van der Waals surface area (Å²) in [6, 6.07) is 14.1. The number of aryl methyl sites for hydroxylation is 1. The van der Waals surface area contributed by atoms with Crippen molar-refractivity contribution in [3.8, 4) is 0 Å². The van der Waals surface area contributed by atoms with Gasteiger partial charge in [-0.2, -0.15) is 0 Å². The smallest absolute Gasteiger partial charge is 0.0442 e. The van der Waals surface area contributed by atoms with Crippen LogP contribution in [0.4, 0.5) is 0 Å². The number of aliphatic hydroxyl groups is 1. The number of rotatable bonds is 3. The summed E-state index contributed by atoms with van der Waals surface area (Å²) in [7, 11) is 0. The fourth-order valence-corrected chi connectivity index (χ4v) is 3.66. The van der Waals surface area contributed by atoms with Gasteiger partial charge >= 0.3 is 0 Å². The van der Waals surface area contributed by atoms with E-state index in [2.05, 4.69) is 18.2 Å². The Balaban J connectivity index is 2.16. The molecule has 0 spiro atoms. The molecule has 0 saturated heterocycles. The molecule has 0 aliphatic heterocycles. The molecule has 0 fully saturated rings. The molecule has 1 nitrogen and oxygen atoms in total. The van der Waals surface area contributed by atoms with Gasteiger partial charge in [0, 0.05) is 22.1 Å². The van der Waals surface area contributed by atoms with E-state index < -0.39 is 0 Å². The van der Waals surface area contributed by atoms with Crippen molar-refractivity contribution in [2.45, 2.75) is 24.7 Å². The van der Waals surface area contributed by atoms with Gasteiger partial charge in [-0.3, -0.25) is 0 Å². The standard InChI is InChI=1S/C17H16Cl2O/c18-14-5-2-13(3-6-14)17(9-10-20)8-7-12-1-4-15(19)11-16(12)17/h1-6,11,20H,7-10H2/t17-/m1/s1. The third kappa shape index (κ3) is 2.24. The van der Waals surface area contributed by atoms with Crippen LogP contribution in [0, 0.1) is 0 Å². The van der Waals surface area contributed by atoms with Crippen LogP contribution in [-0.4, -0.2) is 11.7 Å². The molecule has 3 heteroatoms. The highest BCUT2D eigenvalue weighted by Gasteiger charge is 2.39. The molecule has 2 aromatic rings. The Morgan fingerprint density at radius 1 is 1.00 bits per heavy atom. The second-order valence-electron chi connectivity index (χ2n) is 5.36. The zero-order valence-electron chi connectivity index (χ0n) is 11.1. The lowest BCUT2D eigenvalue weighted by Crippen LogP contribution is -2.26. The predicted molar refractivity (Wildman–Crippen MR) is 83.7 cm³/mol. The minimum Gasteiger partial charge on any atom is -0.396 e. The Hall–Kier alpha value is -1.02. The number of hydrogen-bond donors (Lipinski definition) is 1. The van der Waals surface area contributed by atoms with Crippen LogP contribution in [0.2, 0.25) is 10.0 Å². The van der Waals surface area contributed by atoms with Crippen LogP contribution in [0.25, 0.3) is 0 Å². The second-order valence-corrected chi connectivity index (χ2v) is 6.24. The first kappa shape index (κ1) is 13.9. The van der Waals surface area contributed by atoms with Gasteiger partial charge in [0.15, 0.2) is 0 Å². The van der Waals surface area contributed by atoms with Gasteiger partial charge in [0.25, 0.3) is 0 Å². The minimum atomic E-state index is -0.139. The van der Waals surface area contributed by atoms with E-state index in [0.29, 0.717) is 6.42 Å². The van der Waals surface area contributed by atoms with Crippen molar-refractivity contribution in [3.63, 3.8) is 0 Å². The van der Waals surface area contributed by atoms with Crippen LogP contribution in [0.5, 0.6) is 0 Å². The summed E-state index contributed by atoms with van der Waals surface area (Å²) in [4.78, 5) is 0. The fraction of sp³-hybridized carbons (Fsp3) is 0.294. The molecule has 0 heterocycles. The van der Waals surface area contributed by atoms with Crippen LogP contribution in [0.3, 0.4) is 0 Å². The summed E-state index contributed by atoms with van der Waals surface area (Å²) in [5.41, 5.74) is 3.65. The molecule has 0 amide bonds. The van der Waals surface area contributed by atoms with E-state index >= 15 is 0 Å². The summed E-state index contributed by atoms with van der Waals surface area (Å²) < 4.78 is 0. The maximum Gasteiger partial charge on any atom is 0.0442 e. The van der Waals surface area contributed by atoms with E-state index in [1.54, 1.807) is 0 Å². The van der Waals surface area contributed by atoms with Gasteiger partial charge < -0.3 is 5.11 Å². The number of aliphatic hydroxyl groups excluding tert-OH is 1. The van der Waals surface area contributed by atoms with Crippen molar-refractivity contribution in [1.29, 1.82) is 0 Å². The SMILES string of the molecule is OCC[C@@]1(c2ccc(Cl)cc2)CCc2ccc(Cl)cc21. The third-order valence-electron chi connectivity index (χ3n) is 4.34. The number of benzene rings is 2. The van der Waals surface area contributed by atoms with Gasteiger partial charge in [0.1, 0.15) is 0 Å². The summed E-state index contributed by atoms with van der Waals surface area (Å²) in [5, 5.41) is 11.0. The highest BCUT2D eigenvalue weighted by molar-refractivity contribution is 6.31. The highest BCUT2D eigenvalue weighted by Crippen LogP contribution is 2.47. The molecule has 104 valence electrons. The third-order valence-corrected chi connectivity index (χ3v) is 4.83. The monoisotopic (exact) mass is 306 g/mol. The molecule has 0 radical (unpaired) electrons. The molecule has 2 aromatic carbocycles. The lowest BCUT2D eigenvalue weighted by molar-refractivity contribution is 0.252. The number of hydrogen-bond acceptors (Lipinski definition) is 1. The molecule has 20 heavy (non-hydrogen) atoms. The first-order valence-corrected chi connectivity index (χ1v) is 7.57. The highest BCUT2D eigenvalue weighted by atomic mass is 35.5. The van der Waals surface area contributed by atoms with Crippen molar-refractivity contribution >= 4 is 23.2 Å². The molecule has 1 aliphatic rings. The van der Waals surface area contributed by atoms with Gasteiger partial charge in [-0.05, 0) is 60.2 Å². The molecule has 1 N–H and O–H groups in total. The zero-order chi connectivity index (χ0) is 14.2. The Morgan fingerprint density at radius 3 is 2.40 bits per heavy atom. The lowest BCUT2D eigenvalue weighted by atomic mass is 9.73. The topological polar surface area (TPSA) is 20.2 Å². The minimum absolute atomic E-state index is 0.139. The Morgan fingerprint density at radius 2 is 1.70 bits per heavy atom. The van der Waals surface area contributed by atoms with E-state index in [0.717, 1.165) is 22.9 Å².